The number of hydrogen-bond acceptors (Lipinski definition) is 6. The van der Waals surface area contributed by atoms with Gasteiger partial charge in [0.1, 0.15) is 11.8 Å². The second kappa shape index (κ2) is 5.36. The van der Waals surface area contributed by atoms with Crippen LogP contribution in [0.1, 0.15) is 17.4 Å². The summed E-state index contributed by atoms with van der Waals surface area (Å²) in [6.07, 6.45) is 1.88. The number of rotatable bonds is 4. The molecule has 0 bridgehead atoms. The van der Waals surface area contributed by atoms with Crippen molar-refractivity contribution in [3.8, 4) is 11.8 Å². The van der Waals surface area contributed by atoms with Crippen LogP contribution >= 0.6 is 15.9 Å². The maximum Gasteiger partial charge on any atom is 0.241 e. The van der Waals surface area contributed by atoms with E-state index in [0.717, 1.165) is 0 Å². The molecule has 1 unspecified atom stereocenters. The molecule has 0 spiro atoms. The highest BCUT2D eigenvalue weighted by Gasteiger charge is 2.22. The Kier molecular flexibility index (Phi) is 3.83. The van der Waals surface area contributed by atoms with E-state index in [1.165, 1.54) is 26.7 Å². The van der Waals surface area contributed by atoms with Crippen LogP contribution in [0.2, 0.25) is 0 Å². The quantitative estimate of drug-likeness (QED) is 0.929. The van der Waals surface area contributed by atoms with Crippen LogP contribution in [-0.4, -0.2) is 29.3 Å². The van der Waals surface area contributed by atoms with E-state index < -0.39 is 6.10 Å². The van der Waals surface area contributed by atoms with Crippen molar-refractivity contribution in [2.24, 2.45) is 0 Å². The van der Waals surface area contributed by atoms with E-state index in [1.807, 2.05) is 0 Å². The SMILES string of the molecule is COc1cnc(C(O)c2ccoc2Br)c(OC)n1. The maximum atomic E-state index is 10.2. The number of aliphatic hydroxyl groups excluding tert-OH is 1. The summed E-state index contributed by atoms with van der Waals surface area (Å²) in [5, 5.41) is 10.2. The minimum absolute atomic E-state index is 0.204. The van der Waals surface area contributed by atoms with Gasteiger partial charge in [0.15, 0.2) is 4.67 Å². The summed E-state index contributed by atoms with van der Waals surface area (Å²) in [4.78, 5) is 8.15. The molecule has 0 saturated carbocycles. The van der Waals surface area contributed by atoms with E-state index in [-0.39, 0.29) is 5.88 Å². The Balaban J connectivity index is 2.41. The molecule has 2 aromatic rings. The van der Waals surface area contributed by atoms with Crippen LogP contribution < -0.4 is 9.47 Å². The molecule has 0 aliphatic carbocycles. The Morgan fingerprint density at radius 1 is 1.39 bits per heavy atom. The Hall–Kier alpha value is -1.60. The summed E-state index contributed by atoms with van der Waals surface area (Å²) < 4.78 is 15.5. The molecule has 18 heavy (non-hydrogen) atoms. The number of hydrogen-bond donors (Lipinski definition) is 1. The highest BCUT2D eigenvalue weighted by atomic mass is 79.9. The zero-order chi connectivity index (χ0) is 13.1. The Labute approximate surface area is 112 Å². The fourth-order valence-corrected chi connectivity index (χ4v) is 1.91. The molecule has 1 atom stereocenters. The summed E-state index contributed by atoms with van der Waals surface area (Å²) in [6, 6.07) is 1.64. The van der Waals surface area contributed by atoms with Gasteiger partial charge in [-0.05, 0) is 22.0 Å². The highest BCUT2D eigenvalue weighted by molar-refractivity contribution is 9.10. The largest absolute Gasteiger partial charge is 0.480 e. The smallest absolute Gasteiger partial charge is 0.241 e. The third-order valence-electron chi connectivity index (χ3n) is 2.35. The lowest BCUT2D eigenvalue weighted by Gasteiger charge is -2.12. The molecule has 7 heteroatoms. The third-order valence-corrected chi connectivity index (χ3v) is 2.99. The second-order valence-corrected chi connectivity index (χ2v) is 4.08. The van der Waals surface area contributed by atoms with Gasteiger partial charge in [-0.25, -0.2) is 4.98 Å². The molecule has 96 valence electrons. The van der Waals surface area contributed by atoms with Crippen LogP contribution in [0.5, 0.6) is 11.8 Å². The van der Waals surface area contributed by atoms with Crippen molar-refractivity contribution in [2.75, 3.05) is 14.2 Å². The fraction of sp³-hybridized carbons (Fsp3) is 0.273. The van der Waals surface area contributed by atoms with Crippen LogP contribution in [0, 0.1) is 0 Å². The van der Waals surface area contributed by atoms with E-state index >= 15 is 0 Å². The number of furan rings is 1. The predicted molar refractivity (Wildman–Crippen MR) is 65.6 cm³/mol. The van der Waals surface area contributed by atoms with Gasteiger partial charge in [-0.3, -0.25) is 0 Å². The number of ether oxygens (including phenoxy) is 2. The van der Waals surface area contributed by atoms with Gasteiger partial charge >= 0.3 is 0 Å². The average molecular weight is 315 g/mol. The molecule has 2 rings (SSSR count). The standard InChI is InChI=1S/C11H11BrN2O4/c1-16-7-5-13-8(11(14-7)17-2)9(15)6-3-4-18-10(6)12/h3-5,9,15H,1-2H3. The molecular formula is C11H11BrN2O4. The molecule has 0 aliphatic heterocycles. The van der Waals surface area contributed by atoms with Gasteiger partial charge in [-0.2, -0.15) is 4.98 Å². The lowest BCUT2D eigenvalue weighted by molar-refractivity contribution is 0.204. The Bertz CT molecular complexity index is 544. The molecular weight excluding hydrogens is 304 g/mol. The van der Waals surface area contributed by atoms with E-state index in [4.69, 9.17) is 13.9 Å². The van der Waals surface area contributed by atoms with Crippen molar-refractivity contribution < 1.29 is 19.0 Å². The predicted octanol–water partition coefficient (Wildman–Crippen LogP) is 1.93. The van der Waals surface area contributed by atoms with Crippen molar-refractivity contribution in [1.29, 1.82) is 0 Å². The summed E-state index contributed by atoms with van der Waals surface area (Å²) >= 11 is 3.20. The van der Waals surface area contributed by atoms with Gasteiger partial charge in [0.25, 0.3) is 0 Å². The minimum Gasteiger partial charge on any atom is -0.480 e. The van der Waals surface area contributed by atoms with Crippen LogP contribution in [0.15, 0.2) is 27.6 Å². The van der Waals surface area contributed by atoms with Crippen LogP contribution in [0.4, 0.5) is 0 Å². The number of aromatic nitrogens is 2. The topological polar surface area (TPSA) is 77.6 Å². The second-order valence-electron chi connectivity index (χ2n) is 3.36. The number of aliphatic hydroxyl groups is 1. The molecule has 1 N–H and O–H groups in total. The summed E-state index contributed by atoms with van der Waals surface area (Å²) in [6.45, 7) is 0. The monoisotopic (exact) mass is 314 g/mol. The highest BCUT2D eigenvalue weighted by Crippen LogP contribution is 2.32. The van der Waals surface area contributed by atoms with Gasteiger partial charge in [0.2, 0.25) is 11.8 Å². The van der Waals surface area contributed by atoms with Crippen LogP contribution in [0.25, 0.3) is 0 Å². The summed E-state index contributed by atoms with van der Waals surface area (Å²) in [5.41, 5.74) is 0.841. The van der Waals surface area contributed by atoms with E-state index in [1.54, 1.807) is 6.07 Å². The molecule has 0 radical (unpaired) electrons. The van der Waals surface area contributed by atoms with Crippen LogP contribution in [0.3, 0.4) is 0 Å². The third kappa shape index (κ3) is 2.32. The lowest BCUT2D eigenvalue weighted by atomic mass is 10.1. The molecule has 0 amide bonds. The van der Waals surface area contributed by atoms with Crippen molar-refractivity contribution in [1.82, 2.24) is 9.97 Å². The van der Waals surface area contributed by atoms with E-state index in [9.17, 15) is 5.11 Å². The molecule has 0 aromatic carbocycles. The summed E-state index contributed by atoms with van der Waals surface area (Å²) in [7, 11) is 2.93. The first-order chi connectivity index (χ1) is 8.67. The van der Waals surface area contributed by atoms with Crippen molar-refractivity contribution in [3.63, 3.8) is 0 Å². The van der Waals surface area contributed by atoms with Crippen LogP contribution in [-0.2, 0) is 0 Å². The van der Waals surface area contributed by atoms with Gasteiger partial charge < -0.3 is 19.0 Å². The molecule has 6 nitrogen and oxygen atoms in total. The number of methoxy groups -OCH3 is 2. The van der Waals surface area contributed by atoms with Crippen molar-refractivity contribution >= 4 is 15.9 Å². The number of halogens is 1. The van der Waals surface area contributed by atoms with Gasteiger partial charge in [0, 0.05) is 5.56 Å². The molecule has 0 aliphatic rings. The first-order valence-corrected chi connectivity index (χ1v) is 5.82. The first-order valence-electron chi connectivity index (χ1n) is 5.03. The normalized spacial score (nSPS) is 12.2. The maximum absolute atomic E-state index is 10.2. The van der Waals surface area contributed by atoms with Crippen molar-refractivity contribution in [2.45, 2.75) is 6.10 Å². The van der Waals surface area contributed by atoms with Gasteiger partial charge in [-0.15, -0.1) is 0 Å². The van der Waals surface area contributed by atoms with Gasteiger partial charge in [0.05, 0.1) is 26.7 Å². The zero-order valence-corrected chi connectivity index (χ0v) is 11.3. The Morgan fingerprint density at radius 2 is 2.17 bits per heavy atom. The lowest BCUT2D eigenvalue weighted by Crippen LogP contribution is -2.07. The molecule has 2 aromatic heterocycles. The first kappa shape index (κ1) is 12.8. The van der Waals surface area contributed by atoms with E-state index in [2.05, 4.69) is 25.9 Å². The fourth-order valence-electron chi connectivity index (χ4n) is 1.45. The van der Waals surface area contributed by atoms with Crippen molar-refractivity contribution in [3.05, 3.63) is 34.5 Å². The molecule has 0 saturated heterocycles. The van der Waals surface area contributed by atoms with E-state index in [0.29, 0.717) is 21.8 Å². The average Bonchev–Trinajstić information content (AvgIpc) is 2.83. The summed E-state index contributed by atoms with van der Waals surface area (Å²) in [5.74, 6) is 0.518. The molecule has 2 heterocycles. The Morgan fingerprint density at radius 3 is 2.72 bits per heavy atom. The van der Waals surface area contributed by atoms with Gasteiger partial charge in [-0.1, -0.05) is 0 Å². The number of nitrogens with zero attached hydrogens (tertiary/aromatic N) is 2. The molecule has 0 fully saturated rings. The minimum atomic E-state index is -0.994. The zero-order valence-electron chi connectivity index (χ0n) is 9.75.